The van der Waals surface area contributed by atoms with Crippen molar-refractivity contribution < 1.29 is 10.2 Å². The summed E-state index contributed by atoms with van der Waals surface area (Å²) in [5.74, 6) is 0.310. The summed E-state index contributed by atoms with van der Waals surface area (Å²) in [4.78, 5) is 0. The van der Waals surface area contributed by atoms with Gasteiger partial charge in [-0.3, -0.25) is 0 Å². The average molecular weight is 154 g/mol. The van der Waals surface area contributed by atoms with E-state index in [1.54, 1.807) is 13.8 Å². The Kier molecular flexibility index (Phi) is 1.13. The fourth-order valence-corrected chi connectivity index (χ4v) is 2.28. The SMILES string of the molecule is CC1(O)C2C=CC(C2)C1(C)O. The first-order valence-corrected chi connectivity index (χ1v) is 4.09. The van der Waals surface area contributed by atoms with Crippen LogP contribution in [0.25, 0.3) is 0 Å². The van der Waals surface area contributed by atoms with Crippen molar-refractivity contribution in [2.45, 2.75) is 31.5 Å². The largest absolute Gasteiger partial charge is 0.387 e. The van der Waals surface area contributed by atoms with Crippen molar-refractivity contribution in [2.24, 2.45) is 11.8 Å². The molecule has 11 heavy (non-hydrogen) atoms. The first-order valence-electron chi connectivity index (χ1n) is 4.09. The molecule has 0 radical (unpaired) electrons. The molecule has 1 fully saturated rings. The van der Waals surface area contributed by atoms with Crippen molar-refractivity contribution >= 4 is 0 Å². The molecule has 4 atom stereocenters. The lowest BCUT2D eigenvalue weighted by Gasteiger charge is -2.39. The van der Waals surface area contributed by atoms with Crippen molar-refractivity contribution in [3.63, 3.8) is 0 Å². The van der Waals surface area contributed by atoms with Crippen LogP contribution in [0.5, 0.6) is 0 Å². The molecule has 0 aliphatic heterocycles. The van der Waals surface area contributed by atoms with Crippen LogP contribution >= 0.6 is 0 Å². The highest BCUT2D eigenvalue weighted by Gasteiger charge is 2.59. The third kappa shape index (κ3) is 0.644. The average Bonchev–Trinajstić information content (AvgIpc) is 2.37. The maximum atomic E-state index is 9.91. The van der Waals surface area contributed by atoms with Crippen molar-refractivity contribution in [3.8, 4) is 0 Å². The van der Waals surface area contributed by atoms with Crippen LogP contribution < -0.4 is 0 Å². The monoisotopic (exact) mass is 154 g/mol. The van der Waals surface area contributed by atoms with Gasteiger partial charge in [0.25, 0.3) is 0 Å². The molecule has 62 valence electrons. The molecule has 2 aliphatic carbocycles. The second-order valence-corrected chi connectivity index (χ2v) is 4.13. The fraction of sp³-hybridized carbons (Fsp3) is 0.778. The van der Waals surface area contributed by atoms with Crippen LogP contribution in [0.15, 0.2) is 12.2 Å². The van der Waals surface area contributed by atoms with E-state index in [0.29, 0.717) is 0 Å². The van der Waals surface area contributed by atoms with Gasteiger partial charge in [0.15, 0.2) is 0 Å². The zero-order chi connectivity index (χ0) is 8.28. The van der Waals surface area contributed by atoms with Crippen molar-refractivity contribution in [1.82, 2.24) is 0 Å². The lowest BCUT2D eigenvalue weighted by atomic mass is 9.77. The summed E-state index contributed by atoms with van der Waals surface area (Å²) in [7, 11) is 0. The summed E-state index contributed by atoms with van der Waals surface area (Å²) in [6.07, 6.45) is 4.94. The minimum atomic E-state index is -0.924. The summed E-state index contributed by atoms with van der Waals surface area (Å²) >= 11 is 0. The van der Waals surface area contributed by atoms with Gasteiger partial charge in [0, 0.05) is 11.8 Å². The van der Waals surface area contributed by atoms with Gasteiger partial charge in [-0.05, 0) is 20.3 Å². The first kappa shape index (κ1) is 7.32. The number of rotatable bonds is 0. The van der Waals surface area contributed by atoms with Crippen LogP contribution in [0, 0.1) is 11.8 Å². The van der Waals surface area contributed by atoms with Gasteiger partial charge in [-0.15, -0.1) is 0 Å². The number of fused-ring (bicyclic) bond motifs is 2. The molecule has 2 heteroatoms. The quantitative estimate of drug-likeness (QED) is 0.504. The molecule has 0 aromatic carbocycles. The third-order valence-corrected chi connectivity index (χ3v) is 3.55. The highest BCUT2D eigenvalue weighted by molar-refractivity contribution is 5.24. The van der Waals surface area contributed by atoms with E-state index in [-0.39, 0.29) is 11.8 Å². The molecule has 2 nitrogen and oxygen atoms in total. The molecular formula is C9H14O2. The summed E-state index contributed by atoms with van der Waals surface area (Å²) in [5.41, 5.74) is -1.85. The van der Waals surface area contributed by atoms with E-state index < -0.39 is 11.2 Å². The Hall–Kier alpha value is -0.340. The molecule has 2 aliphatic rings. The molecule has 4 unspecified atom stereocenters. The zero-order valence-corrected chi connectivity index (χ0v) is 6.91. The van der Waals surface area contributed by atoms with Gasteiger partial charge in [0.05, 0.1) is 11.2 Å². The van der Waals surface area contributed by atoms with Crippen LogP contribution in [-0.4, -0.2) is 21.4 Å². The fourth-order valence-electron chi connectivity index (χ4n) is 2.28. The minimum absolute atomic E-state index is 0.155. The maximum absolute atomic E-state index is 9.91. The van der Waals surface area contributed by atoms with Crippen LogP contribution in [0.3, 0.4) is 0 Å². The van der Waals surface area contributed by atoms with E-state index in [9.17, 15) is 10.2 Å². The molecular weight excluding hydrogens is 140 g/mol. The highest BCUT2D eigenvalue weighted by Crippen LogP contribution is 2.52. The van der Waals surface area contributed by atoms with Crippen molar-refractivity contribution in [3.05, 3.63) is 12.2 Å². The molecule has 0 spiro atoms. The second kappa shape index (κ2) is 1.70. The molecule has 2 bridgehead atoms. The van der Waals surface area contributed by atoms with Gasteiger partial charge in [0.2, 0.25) is 0 Å². The second-order valence-electron chi connectivity index (χ2n) is 4.13. The molecule has 2 N–H and O–H groups in total. The Morgan fingerprint density at radius 3 is 1.64 bits per heavy atom. The third-order valence-electron chi connectivity index (χ3n) is 3.55. The number of aliphatic hydroxyl groups is 2. The van der Waals surface area contributed by atoms with Crippen molar-refractivity contribution in [2.75, 3.05) is 0 Å². The van der Waals surface area contributed by atoms with Crippen LogP contribution in [0.4, 0.5) is 0 Å². The lowest BCUT2D eigenvalue weighted by Crippen LogP contribution is -2.52. The van der Waals surface area contributed by atoms with Gasteiger partial charge in [-0.1, -0.05) is 12.2 Å². The zero-order valence-electron chi connectivity index (χ0n) is 6.91. The molecule has 2 rings (SSSR count). The van der Waals surface area contributed by atoms with E-state index in [4.69, 9.17) is 0 Å². The van der Waals surface area contributed by atoms with Crippen molar-refractivity contribution in [1.29, 1.82) is 0 Å². The van der Waals surface area contributed by atoms with E-state index >= 15 is 0 Å². The van der Waals surface area contributed by atoms with Gasteiger partial charge >= 0.3 is 0 Å². The standard InChI is InChI=1S/C9H14O2/c1-8(10)6-3-4-7(5-6)9(8,2)11/h3-4,6-7,10-11H,5H2,1-2H3. The predicted octanol–water partition coefficient (Wildman–Crippen LogP) is 0.694. The summed E-state index contributed by atoms with van der Waals surface area (Å²) in [6.45, 7) is 3.45. The molecule has 0 saturated heterocycles. The van der Waals surface area contributed by atoms with Crippen LogP contribution in [0.1, 0.15) is 20.3 Å². The van der Waals surface area contributed by atoms with Gasteiger partial charge in [-0.2, -0.15) is 0 Å². The van der Waals surface area contributed by atoms with Crippen LogP contribution in [-0.2, 0) is 0 Å². The van der Waals surface area contributed by atoms with Crippen LogP contribution in [0.2, 0.25) is 0 Å². The molecule has 0 aromatic rings. The van der Waals surface area contributed by atoms with Gasteiger partial charge in [0.1, 0.15) is 0 Å². The first-order chi connectivity index (χ1) is 4.96. The highest BCUT2D eigenvalue weighted by atomic mass is 16.4. The topological polar surface area (TPSA) is 40.5 Å². The Morgan fingerprint density at radius 1 is 1.09 bits per heavy atom. The molecule has 0 heterocycles. The van der Waals surface area contributed by atoms with E-state index in [1.165, 1.54) is 0 Å². The van der Waals surface area contributed by atoms with E-state index in [1.807, 2.05) is 12.2 Å². The minimum Gasteiger partial charge on any atom is -0.387 e. The Morgan fingerprint density at radius 2 is 1.45 bits per heavy atom. The Balaban J connectivity index is 2.45. The molecule has 0 aromatic heterocycles. The summed E-state index contributed by atoms with van der Waals surface area (Å²) in [6, 6.07) is 0. The predicted molar refractivity (Wildman–Crippen MR) is 42.0 cm³/mol. The van der Waals surface area contributed by atoms with E-state index in [2.05, 4.69) is 0 Å². The molecule has 0 amide bonds. The number of hydrogen-bond acceptors (Lipinski definition) is 2. The van der Waals surface area contributed by atoms with Gasteiger partial charge < -0.3 is 10.2 Å². The van der Waals surface area contributed by atoms with E-state index in [0.717, 1.165) is 6.42 Å². The Bertz CT molecular complexity index is 194. The Labute approximate surface area is 66.5 Å². The number of hydrogen-bond donors (Lipinski definition) is 2. The maximum Gasteiger partial charge on any atom is 0.0970 e. The lowest BCUT2D eigenvalue weighted by molar-refractivity contribution is -0.136. The smallest absolute Gasteiger partial charge is 0.0970 e. The normalized spacial score (nSPS) is 60.7. The molecule has 1 saturated carbocycles. The van der Waals surface area contributed by atoms with Gasteiger partial charge in [-0.25, -0.2) is 0 Å². The summed E-state index contributed by atoms with van der Waals surface area (Å²) < 4.78 is 0. The summed E-state index contributed by atoms with van der Waals surface area (Å²) in [5, 5.41) is 19.8.